The van der Waals surface area contributed by atoms with Gasteiger partial charge in [0.1, 0.15) is 11.5 Å². The average Bonchev–Trinajstić information content (AvgIpc) is 2.85. The van der Waals surface area contributed by atoms with Crippen LogP contribution in [-0.4, -0.2) is 52.7 Å². The predicted octanol–water partition coefficient (Wildman–Crippen LogP) is 4.79. The van der Waals surface area contributed by atoms with E-state index in [1.54, 1.807) is 18.2 Å². The summed E-state index contributed by atoms with van der Waals surface area (Å²) >= 11 is 0. The maximum atomic E-state index is 13.3. The summed E-state index contributed by atoms with van der Waals surface area (Å²) in [6.45, 7) is 12.4. The van der Waals surface area contributed by atoms with Gasteiger partial charge in [0, 0.05) is 25.7 Å². The summed E-state index contributed by atoms with van der Waals surface area (Å²) in [7, 11) is 0. The van der Waals surface area contributed by atoms with E-state index in [9.17, 15) is 15.0 Å². The number of halogens is 2. The van der Waals surface area contributed by atoms with Crippen LogP contribution in [0, 0.1) is 11.8 Å². The largest absolute Gasteiger partial charge is 0.508 e. The second kappa shape index (κ2) is 13.2. The predicted molar refractivity (Wildman–Crippen MR) is 154 cm³/mol. The first-order chi connectivity index (χ1) is 16.7. The summed E-state index contributed by atoms with van der Waals surface area (Å²) in [4.78, 5) is 15.8. The number of nitrogens with one attached hydrogen (secondary N) is 2. The van der Waals surface area contributed by atoms with Gasteiger partial charge >= 0.3 is 0 Å². The normalized spacial score (nSPS) is 25.1. The number of amides is 1. The molecule has 1 amide bonds. The Hall–Kier alpha value is -1.99. The van der Waals surface area contributed by atoms with Crippen molar-refractivity contribution in [1.82, 2.24) is 15.5 Å². The van der Waals surface area contributed by atoms with Crippen LogP contribution in [0.4, 0.5) is 0 Å². The number of benzene rings is 2. The Morgan fingerprint density at radius 3 is 2.57 bits per heavy atom. The molecule has 1 fully saturated rings. The lowest BCUT2D eigenvalue weighted by Crippen LogP contribution is -2.56. The van der Waals surface area contributed by atoms with E-state index in [4.69, 9.17) is 0 Å². The molecule has 1 saturated heterocycles. The standard InChI is InChI=1S/C29H41N3O3.2ClH/c1-5-19(2)27(31-28(35)26-14-21-9-10-25(34)13-22(21)16-30-26)18-32-12-11-29(4,20(3)17-32)23-7-6-8-24(33)15-23;;/h6-10,13,15,19-20,26-27,30,33-34H,5,11-12,14,16-18H2,1-4H3,(H,31,35);2*1H/t19-,20-,26+,27+,29+;;/m0../s1. The van der Waals surface area contributed by atoms with Crippen LogP contribution < -0.4 is 10.6 Å². The SMILES string of the molecule is CC[C@H](C)[C@@H](CN1CC[C@@](C)(c2cccc(O)c2)[C@@H](C)C1)NC(=O)[C@H]1Cc2ccc(O)cc2CN1.Cl.Cl. The number of hydrogen-bond acceptors (Lipinski definition) is 5. The molecule has 2 aromatic carbocycles. The van der Waals surface area contributed by atoms with Crippen LogP contribution in [0.5, 0.6) is 11.5 Å². The van der Waals surface area contributed by atoms with Crippen molar-refractivity contribution < 1.29 is 15.0 Å². The van der Waals surface area contributed by atoms with Crippen molar-refractivity contribution in [1.29, 1.82) is 0 Å². The van der Waals surface area contributed by atoms with Crippen molar-refractivity contribution in [3.05, 3.63) is 59.2 Å². The molecule has 0 bridgehead atoms. The van der Waals surface area contributed by atoms with Crippen molar-refractivity contribution in [2.45, 2.75) is 71.0 Å². The number of carbonyl (C=O) groups excluding carboxylic acids is 1. The molecule has 2 heterocycles. The minimum Gasteiger partial charge on any atom is -0.508 e. The van der Waals surface area contributed by atoms with Gasteiger partial charge in [-0.1, -0.05) is 52.3 Å². The molecule has 2 aliphatic rings. The van der Waals surface area contributed by atoms with Gasteiger partial charge in [-0.25, -0.2) is 0 Å². The number of fused-ring (bicyclic) bond motifs is 1. The first-order valence-corrected chi connectivity index (χ1v) is 13.1. The van der Waals surface area contributed by atoms with Gasteiger partial charge in [0.15, 0.2) is 0 Å². The van der Waals surface area contributed by atoms with E-state index >= 15 is 0 Å². The first kappa shape index (κ1) is 31.2. The van der Waals surface area contributed by atoms with Crippen LogP contribution in [0.2, 0.25) is 0 Å². The van der Waals surface area contributed by atoms with E-state index in [1.165, 1.54) is 5.56 Å². The molecule has 0 radical (unpaired) electrons. The van der Waals surface area contributed by atoms with Crippen LogP contribution in [0.15, 0.2) is 42.5 Å². The zero-order valence-corrected chi connectivity index (χ0v) is 24.0. The van der Waals surface area contributed by atoms with Gasteiger partial charge in [-0.15, -0.1) is 24.8 Å². The van der Waals surface area contributed by atoms with Gasteiger partial charge in [0.2, 0.25) is 5.91 Å². The third-order valence-corrected chi connectivity index (χ3v) is 8.66. The van der Waals surface area contributed by atoms with E-state index in [0.717, 1.165) is 43.6 Å². The van der Waals surface area contributed by atoms with Crippen LogP contribution in [-0.2, 0) is 23.2 Å². The van der Waals surface area contributed by atoms with Crippen LogP contribution in [0.25, 0.3) is 0 Å². The fourth-order valence-corrected chi connectivity index (χ4v) is 5.67. The molecule has 0 saturated carbocycles. The van der Waals surface area contributed by atoms with Crippen LogP contribution in [0.1, 0.15) is 57.2 Å². The second-order valence-electron chi connectivity index (χ2n) is 11.0. The van der Waals surface area contributed by atoms with Crippen molar-refractivity contribution >= 4 is 30.7 Å². The first-order valence-electron chi connectivity index (χ1n) is 13.1. The lowest BCUT2D eigenvalue weighted by Gasteiger charge is -2.46. The molecule has 4 N–H and O–H groups in total. The Morgan fingerprint density at radius 1 is 1.16 bits per heavy atom. The molecular weight excluding hydrogens is 509 g/mol. The molecule has 8 heteroatoms. The molecule has 0 aliphatic carbocycles. The van der Waals surface area contributed by atoms with Crippen molar-refractivity contribution in [2.75, 3.05) is 19.6 Å². The van der Waals surface area contributed by atoms with Crippen LogP contribution in [0.3, 0.4) is 0 Å². The fourth-order valence-electron chi connectivity index (χ4n) is 5.67. The Morgan fingerprint density at radius 2 is 1.89 bits per heavy atom. The highest BCUT2D eigenvalue weighted by Gasteiger charge is 2.39. The minimum atomic E-state index is -0.257. The van der Waals surface area contributed by atoms with E-state index in [2.05, 4.69) is 49.3 Å². The molecule has 6 nitrogen and oxygen atoms in total. The quantitative estimate of drug-likeness (QED) is 0.397. The minimum absolute atomic E-state index is 0. The van der Waals surface area contributed by atoms with E-state index < -0.39 is 0 Å². The molecule has 0 unspecified atom stereocenters. The maximum Gasteiger partial charge on any atom is 0.237 e. The third-order valence-electron chi connectivity index (χ3n) is 8.66. The number of piperidine rings is 1. The van der Waals surface area contributed by atoms with E-state index in [-0.39, 0.29) is 54.0 Å². The number of phenols is 2. The van der Waals surface area contributed by atoms with Crippen molar-refractivity contribution in [2.24, 2.45) is 11.8 Å². The summed E-state index contributed by atoms with van der Waals surface area (Å²) in [5, 5.41) is 26.5. The molecule has 5 atom stereocenters. The summed E-state index contributed by atoms with van der Waals surface area (Å²) in [5.41, 5.74) is 3.41. The highest BCUT2D eigenvalue weighted by Crippen LogP contribution is 2.40. The summed E-state index contributed by atoms with van der Waals surface area (Å²) < 4.78 is 0. The maximum absolute atomic E-state index is 13.3. The number of phenolic OH excluding ortho intramolecular Hbond substituents is 2. The second-order valence-corrected chi connectivity index (χ2v) is 11.0. The molecule has 2 aliphatic heterocycles. The Labute approximate surface area is 234 Å². The van der Waals surface area contributed by atoms with Crippen molar-refractivity contribution in [3.63, 3.8) is 0 Å². The molecular formula is C29H43Cl2N3O3. The molecule has 4 rings (SSSR count). The Kier molecular flexibility index (Phi) is 11.1. The summed E-state index contributed by atoms with van der Waals surface area (Å²) in [6.07, 6.45) is 2.67. The number of likely N-dealkylation sites (tertiary alicyclic amines) is 1. The topological polar surface area (TPSA) is 84.8 Å². The third kappa shape index (κ3) is 7.11. The lowest BCUT2D eigenvalue weighted by atomic mass is 9.68. The number of aromatic hydroxyl groups is 2. The van der Waals surface area contributed by atoms with Gasteiger partial charge in [0.05, 0.1) is 6.04 Å². The highest BCUT2D eigenvalue weighted by atomic mass is 35.5. The van der Waals surface area contributed by atoms with E-state index in [0.29, 0.717) is 30.6 Å². The van der Waals surface area contributed by atoms with Gasteiger partial charge in [-0.2, -0.15) is 0 Å². The summed E-state index contributed by atoms with van der Waals surface area (Å²) in [6, 6.07) is 12.9. The number of carbonyl (C=O) groups is 1. The Balaban J connectivity index is 0.00000241. The molecule has 0 aromatic heterocycles. The van der Waals surface area contributed by atoms with Gasteiger partial charge in [0.25, 0.3) is 0 Å². The zero-order valence-electron chi connectivity index (χ0n) is 22.4. The molecule has 2 aromatic rings. The van der Waals surface area contributed by atoms with Gasteiger partial charge in [-0.05, 0) is 77.6 Å². The molecule has 206 valence electrons. The lowest BCUT2D eigenvalue weighted by molar-refractivity contribution is -0.124. The summed E-state index contributed by atoms with van der Waals surface area (Å²) in [5.74, 6) is 1.46. The zero-order chi connectivity index (χ0) is 25.2. The Bertz CT molecular complexity index is 1050. The van der Waals surface area contributed by atoms with Crippen LogP contribution >= 0.6 is 24.8 Å². The highest BCUT2D eigenvalue weighted by molar-refractivity contribution is 5.85. The van der Waals surface area contributed by atoms with Gasteiger partial charge in [-0.3, -0.25) is 4.79 Å². The van der Waals surface area contributed by atoms with Crippen molar-refractivity contribution in [3.8, 4) is 11.5 Å². The van der Waals surface area contributed by atoms with E-state index in [1.807, 2.05) is 18.2 Å². The number of nitrogens with zero attached hydrogens (tertiary/aromatic N) is 1. The number of rotatable bonds is 7. The average molecular weight is 553 g/mol. The van der Waals surface area contributed by atoms with Gasteiger partial charge < -0.3 is 25.7 Å². The monoisotopic (exact) mass is 551 g/mol. The fraction of sp³-hybridized carbons (Fsp3) is 0.552. The number of hydrogen-bond donors (Lipinski definition) is 4. The smallest absolute Gasteiger partial charge is 0.237 e. The molecule has 0 spiro atoms. The molecule has 37 heavy (non-hydrogen) atoms.